The third kappa shape index (κ3) is 3.45. The van der Waals surface area contributed by atoms with E-state index < -0.39 is 0 Å². The van der Waals surface area contributed by atoms with E-state index in [1.165, 1.54) is 6.42 Å². The maximum atomic E-state index is 11.8. The van der Waals surface area contributed by atoms with Gasteiger partial charge in [0.2, 0.25) is 11.8 Å². The normalized spacial score (nSPS) is 28.5. The molecule has 0 aromatic rings. The van der Waals surface area contributed by atoms with E-state index in [9.17, 15) is 9.59 Å². The van der Waals surface area contributed by atoms with Crippen LogP contribution < -0.4 is 10.6 Å². The van der Waals surface area contributed by atoms with Crippen molar-refractivity contribution in [3.63, 3.8) is 0 Å². The first-order chi connectivity index (χ1) is 8.66. The van der Waals surface area contributed by atoms with Crippen LogP contribution in [0.15, 0.2) is 0 Å². The van der Waals surface area contributed by atoms with Crippen molar-refractivity contribution in [3.8, 4) is 0 Å². The number of amides is 2. The van der Waals surface area contributed by atoms with E-state index in [1.54, 1.807) is 11.9 Å². The Morgan fingerprint density at radius 3 is 3.06 bits per heavy atom. The summed E-state index contributed by atoms with van der Waals surface area (Å²) >= 11 is 0. The molecular weight excluding hydrogens is 230 g/mol. The van der Waals surface area contributed by atoms with Crippen molar-refractivity contribution in [2.75, 3.05) is 26.7 Å². The van der Waals surface area contributed by atoms with Crippen LogP contribution in [0, 0.1) is 5.92 Å². The Morgan fingerprint density at radius 2 is 2.33 bits per heavy atom. The molecule has 0 aliphatic carbocycles. The number of carbonyl (C=O) groups excluding carboxylic acids is 2. The van der Waals surface area contributed by atoms with Gasteiger partial charge in [0.1, 0.15) is 6.04 Å². The molecule has 0 bridgehead atoms. The van der Waals surface area contributed by atoms with E-state index in [-0.39, 0.29) is 17.9 Å². The molecule has 102 valence electrons. The highest BCUT2D eigenvalue weighted by atomic mass is 16.2. The van der Waals surface area contributed by atoms with Crippen molar-refractivity contribution in [2.45, 2.75) is 38.1 Å². The summed E-state index contributed by atoms with van der Waals surface area (Å²) in [5.74, 6) is 0.702. The lowest BCUT2D eigenvalue weighted by Gasteiger charge is -2.29. The van der Waals surface area contributed by atoms with Gasteiger partial charge in [-0.2, -0.15) is 0 Å². The van der Waals surface area contributed by atoms with Gasteiger partial charge in [0.15, 0.2) is 0 Å². The standard InChI is InChI=1S/C13H23N3O2/c1-16-8-2-3-11(13(16)18)15-12(17)5-4-10-6-7-14-9-10/h10-11,14H,2-9H2,1H3,(H,15,17). The van der Waals surface area contributed by atoms with Gasteiger partial charge in [0.25, 0.3) is 0 Å². The van der Waals surface area contributed by atoms with Crippen LogP contribution in [0.3, 0.4) is 0 Å². The average molecular weight is 253 g/mol. The van der Waals surface area contributed by atoms with Gasteiger partial charge in [-0.05, 0) is 44.7 Å². The molecule has 0 aromatic heterocycles. The molecule has 2 amide bonds. The van der Waals surface area contributed by atoms with Crippen molar-refractivity contribution in [3.05, 3.63) is 0 Å². The van der Waals surface area contributed by atoms with Gasteiger partial charge >= 0.3 is 0 Å². The van der Waals surface area contributed by atoms with Crippen LogP contribution in [0.4, 0.5) is 0 Å². The number of carbonyl (C=O) groups is 2. The minimum atomic E-state index is -0.294. The van der Waals surface area contributed by atoms with Gasteiger partial charge in [0, 0.05) is 20.0 Å². The number of hydrogen-bond acceptors (Lipinski definition) is 3. The molecule has 5 nitrogen and oxygen atoms in total. The summed E-state index contributed by atoms with van der Waals surface area (Å²) in [6.45, 7) is 2.90. The number of rotatable bonds is 4. The van der Waals surface area contributed by atoms with Crippen molar-refractivity contribution in [2.24, 2.45) is 5.92 Å². The summed E-state index contributed by atoms with van der Waals surface area (Å²) in [5, 5.41) is 6.17. The first-order valence-electron chi connectivity index (χ1n) is 6.92. The second kappa shape index (κ2) is 6.18. The number of likely N-dealkylation sites (tertiary alicyclic amines) is 1. The molecule has 0 radical (unpaired) electrons. The van der Waals surface area contributed by atoms with Gasteiger partial charge in [0.05, 0.1) is 0 Å². The molecule has 18 heavy (non-hydrogen) atoms. The number of piperidine rings is 1. The zero-order valence-corrected chi connectivity index (χ0v) is 11.1. The second-order valence-corrected chi connectivity index (χ2v) is 5.42. The SMILES string of the molecule is CN1CCCC(NC(=O)CCC2CCNC2)C1=O. The van der Waals surface area contributed by atoms with Crippen LogP contribution in [-0.2, 0) is 9.59 Å². The molecule has 2 aliphatic heterocycles. The molecule has 2 aliphatic rings. The molecule has 0 aromatic carbocycles. The third-order valence-corrected chi connectivity index (χ3v) is 3.94. The minimum absolute atomic E-state index is 0.0237. The molecular formula is C13H23N3O2. The van der Waals surface area contributed by atoms with Gasteiger partial charge < -0.3 is 15.5 Å². The fourth-order valence-corrected chi connectivity index (χ4v) is 2.73. The Labute approximate surface area is 108 Å². The van der Waals surface area contributed by atoms with Crippen LogP contribution in [-0.4, -0.2) is 49.4 Å². The lowest BCUT2D eigenvalue weighted by atomic mass is 10.0. The molecule has 2 rings (SSSR count). The lowest BCUT2D eigenvalue weighted by Crippen LogP contribution is -2.50. The Hall–Kier alpha value is -1.10. The largest absolute Gasteiger partial charge is 0.344 e. The van der Waals surface area contributed by atoms with Gasteiger partial charge in [-0.1, -0.05) is 0 Å². The average Bonchev–Trinajstić information content (AvgIpc) is 2.86. The third-order valence-electron chi connectivity index (χ3n) is 3.94. The summed E-state index contributed by atoms with van der Waals surface area (Å²) in [5.41, 5.74) is 0. The van der Waals surface area contributed by atoms with Crippen molar-refractivity contribution in [1.29, 1.82) is 0 Å². The topological polar surface area (TPSA) is 61.4 Å². The molecule has 0 spiro atoms. The molecule has 2 fully saturated rings. The van der Waals surface area contributed by atoms with Crippen LogP contribution in [0.2, 0.25) is 0 Å². The zero-order valence-electron chi connectivity index (χ0n) is 11.1. The molecule has 0 saturated carbocycles. The Morgan fingerprint density at radius 1 is 1.50 bits per heavy atom. The van der Waals surface area contributed by atoms with E-state index in [4.69, 9.17) is 0 Å². The monoisotopic (exact) mass is 253 g/mol. The summed E-state index contributed by atoms with van der Waals surface area (Å²) in [7, 11) is 1.80. The Kier molecular flexibility index (Phi) is 4.58. The zero-order chi connectivity index (χ0) is 13.0. The van der Waals surface area contributed by atoms with Crippen molar-refractivity contribution in [1.82, 2.24) is 15.5 Å². The second-order valence-electron chi connectivity index (χ2n) is 5.42. The van der Waals surface area contributed by atoms with Crippen LogP contribution in [0.5, 0.6) is 0 Å². The Balaban J connectivity index is 1.71. The van der Waals surface area contributed by atoms with Crippen molar-refractivity contribution >= 4 is 11.8 Å². The van der Waals surface area contributed by atoms with Gasteiger partial charge in [-0.25, -0.2) is 0 Å². The van der Waals surface area contributed by atoms with Crippen LogP contribution in [0.1, 0.15) is 32.1 Å². The molecule has 2 atom stereocenters. The summed E-state index contributed by atoms with van der Waals surface area (Å²) < 4.78 is 0. The van der Waals surface area contributed by atoms with Crippen molar-refractivity contribution < 1.29 is 9.59 Å². The number of likely N-dealkylation sites (N-methyl/N-ethyl adjacent to an activating group) is 1. The summed E-state index contributed by atoms with van der Waals surface area (Å²) in [6.07, 6.45) is 4.38. The highest BCUT2D eigenvalue weighted by molar-refractivity contribution is 5.87. The summed E-state index contributed by atoms with van der Waals surface area (Å²) in [6, 6.07) is -0.294. The molecule has 2 saturated heterocycles. The van der Waals surface area contributed by atoms with Gasteiger partial charge in [-0.15, -0.1) is 0 Å². The highest BCUT2D eigenvalue weighted by Gasteiger charge is 2.27. The summed E-state index contributed by atoms with van der Waals surface area (Å²) in [4.78, 5) is 25.3. The first kappa shape index (κ1) is 13.3. The quantitative estimate of drug-likeness (QED) is 0.748. The molecule has 2 N–H and O–H groups in total. The lowest BCUT2D eigenvalue weighted by molar-refractivity contribution is -0.137. The predicted molar refractivity (Wildman–Crippen MR) is 69.0 cm³/mol. The predicted octanol–water partition coefficient (Wildman–Crippen LogP) is 0.113. The minimum Gasteiger partial charge on any atom is -0.344 e. The Bertz CT molecular complexity index is 313. The van der Waals surface area contributed by atoms with Crippen LogP contribution >= 0.6 is 0 Å². The highest BCUT2D eigenvalue weighted by Crippen LogP contribution is 2.15. The van der Waals surface area contributed by atoms with E-state index >= 15 is 0 Å². The molecule has 5 heteroatoms. The van der Waals surface area contributed by atoms with E-state index in [1.807, 2.05) is 0 Å². The maximum absolute atomic E-state index is 11.8. The van der Waals surface area contributed by atoms with E-state index in [0.717, 1.165) is 38.9 Å². The first-order valence-corrected chi connectivity index (χ1v) is 6.92. The van der Waals surface area contributed by atoms with E-state index in [2.05, 4.69) is 10.6 Å². The molecule has 2 heterocycles. The van der Waals surface area contributed by atoms with Crippen LogP contribution in [0.25, 0.3) is 0 Å². The fourth-order valence-electron chi connectivity index (χ4n) is 2.73. The smallest absolute Gasteiger partial charge is 0.244 e. The van der Waals surface area contributed by atoms with Gasteiger partial charge in [-0.3, -0.25) is 9.59 Å². The number of hydrogen-bond donors (Lipinski definition) is 2. The number of nitrogens with one attached hydrogen (secondary N) is 2. The number of nitrogens with zero attached hydrogens (tertiary/aromatic N) is 1. The fraction of sp³-hybridized carbons (Fsp3) is 0.846. The van der Waals surface area contributed by atoms with E-state index in [0.29, 0.717) is 12.3 Å². The maximum Gasteiger partial charge on any atom is 0.244 e. The molecule has 2 unspecified atom stereocenters.